The van der Waals surface area contributed by atoms with Crippen molar-refractivity contribution in [2.75, 3.05) is 79.3 Å². The average molecular weight is 805 g/mol. The van der Waals surface area contributed by atoms with Crippen molar-refractivity contribution in [3.05, 3.63) is 47.2 Å². The minimum atomic E-state index is -3.82. The van der Waals surface area contributed by atoms with Gasteiger partial charge in [0.1, 0.15) is 0 Å². The highest BCUT2D eigenvalue weighted by Crippen LogP contribution is 2.46. The third kappa shape index (κ3) is 10.1. The third-order valence-corrected chi connectivity index (χ3v) is 21.2. The van der Waals surface area contributed by atoms with Crippen LogP contribution in [0.5, 0.6) is 0 Å². The minimum absolute atomic E-state index is 0.349. The summed E-state index contributed by atoms with van der Waals surface area (Å²) >= 11 is 0. The molecule has 0 aromatic heterocycles. The van der Waals surface area contributed by atoms with E-state index in [2.05, 4.69) is 12.2 Å². The maximum absolute atomic E-state index is 6.88. The van der Waals surface area contributed by atoms with Crippen LogP contribution in [0, 0.1) is 0 Å². The Balaban J connectivity index is 3.41. The zero-order valence-electron chi connectivity index (χ0n) is 34.1. The Morgan fingerprint density at radius 2 is 0.750 bits per heavy atom. The van der Waals surface area contributed by atoms with Gasteiger partial charge in [-0.1, -0.05) is 36.4 Å². The van der Waals surface area contributed by atoms with E-state index in [0.717, 1.165) is 21.1 Å². The Labute approximate surface area is 318 Å². The van der Waals surface area contributed by atoms with Crippen molar-refractivity contribution in [3.63, 3.8) is 0 Å². The molecule has 1 atom stereocenters. The summed E-state index contributed by atoms with van der Waals surface area (Å²) in [7, 11) is -14.5. The summed E-state index contributed by atoms with van der Waals surface area (Å²) in [4.78, 5) is 0. The second kappa shape index (κ2) is 23.2. The Morgan fingerprint density at radius 3 is 1.02 bits per heavy atom. The minimum Gasteiger partial charge on any atom is -0.373 e. The third-order valence-electron chi connectivity index (χ3n) is 8.27. The van der Waals surface area contributed by atoms with Gasteiger partial charge in [-0.3, -0.25) is 0 Å². The van der Waals surface area contributed by atoms with Gasteiger partial charge in [-0.05, 0) is 95.1 Å². The molecule has 1 aliphatic carbocycles. The summed E-state index contributed by atoms with van der Waals surface area (Å²) in [5.74, 6) is 0. The summed E-state index contributed by atoms with van der Waals surface area (Å²) in [6.07, 6.45) is 6.71. The van der Waals surface area contributed by atoms with Crippen LogP contribution in [0.15, 0.2) is 41.6 Å². The van der Waals surface area contributed by atoms with E-state index in [1.165, 1.54) is 0 Å². The van der Waals surface area contributed by atoms with E-state index >= 15 is 0 Å². The lowest BCUT2D eigenvalue weighted by Crippen LogP contribution is -2.71. The summed E-state index contributed by atoms with van der Waals surface area (Å²) < 4.78 is 79.8. The van der Waals surface area contributed by atoms with E-state index in [9.17, 15) is 0 Å². The molecule has 2 rings (SSSR count). The summed E-state index contributed by atoms with van der Waals surface area (Å²) in [5, 5.41) is 1.28. The van der Waals surface area contributed by atoms with Gasteiger partial charge in [-0.15, -0.1) is 0 Å². The molecule has 0 heterocycles. The molecule has 0 amide bonds. The van der Waals surface area contributed by atoms with Crippen LogP contribution in [-0.4, -0.2) is 115 Å². The Kier molecular flexibility index (Phi) is 21.1. The van der Waals surface area contributed by atoms with Crippen molar-refractivity contribution in [1.29, 1.82) is 0 Å². The highest BCUT2D eigenvalue weighted by atomic mass is 28.4. The molecule has 0 saturated heterocycles. The van der Waals surface area contributed by atoms with Crippen LogP contribution in [0.1, 0.15) is 95.1 Å². The molecule has 0 bridgehead atoms. The molecule has 52 heavy (non-hydrogen) atoms. The van der Waals surface area contributed by atoms with Crippen molar-refractivity contribution < 1.29 is 53.1 Å². The zero-order chi connectivity index (χ0) is 38.7. The largest absolute Gasteiger partial charge is 0.537 e. The summed E-state index contributed by atoms with van der Waals surface area (Å²) in [6.45, 7) is 28.0. The van der Waals surface area contributed by atoms with Gasteiger partial charge >= 0.3 is 35.2 Å². The fourth-order valence-corrected chi connectivity index (χ4v) is 18.8. The van der Waals surface area contributed by atoms with Crippen LogP contribution >= 0.6 is 0 Å². The van der Waals surface area contributed by atoms with Gasteiger partial charge in [-0.25, -0.2) is 0 Å². The van der Waals surface area contributed by atoms with E-state index in [1.807, 2.05) is 107 Å². The van der Waals surface area contributed by atoms with Gasteiger partial charge in [0.2, 0.25) is 0 Å². The maximum atomic E-state index is 6.88. The Morgan fingerprint density at radius 1 is 0.442 bits per heavy atom. The lowest BCUT2D eigenvalue weighted by atomic mass is 9.90. The van der Waals surface area contributed by atoms with Gasteiger partial charge in [0.05, 0.1) is 5.04 Å². The lowest BCUT2D eigenvalue weighted by Gasteiger charge is -2.48. The lowest BCUT2D eigenvalue weighted by molar-refractivity contribution is 0.0503. The van der Waals surface area contributed by atoms with E-state index < -0.39 is 40.3 Å². The van der Waals surface area contributed by atoms with Crippen molar-refractivity contribution in [1.82, 2.24) is 0 Å². The first-order chi connectivity index (χ1) is 25.1. The first-order valence-corrected chi connectivity index (χ1v) is 26.3. The predicted molar refractivity (Wildman–Crippen MR) is 212 cm³/mol. The maximum Gasteiger partial charge on any atom is 0.537 e. The number of hydrogen-bond acceptors (Lipinski definition) is 12. The molecule has 300 valence electrons. The molecule has 0 spiro atoms. The highest BCUT2D eigenvalue weighted by Gasteiger charge is 2.66. The highest BCUT2D eigenvalue weighted by molar-refractivity contribution is 6.81. The van der Waals surface area contributed by atoms with Crippen LogP contribution < -0.4 is 10.4 Å². The van der Waals surface area contributed by atoms with E-state index in [4.69, 9.17) is 53.1 Å². The Bertz CT molecular complexity index is 1120. The predicted octanol–water partition coefficient (Wildman–Crippen LogP) is 5.50. The van der Waals surface area contributed by atoms with Crippen LogP contribution in [0.2, 0.25) is 0 Å². The van der Waals surface area contributed by atoms with Gasteiger partial charge in [0, 0.05) is 94.9 Å². The Hall–Kier alpha value is -0.912. The van der Waals surface area contributed by atoms with Crippen LogP contribution in [-0.2, 0) is 58.2 Å². The van der Waals surface area contributed by atoms with Crippen molar-refractivity contribution in [2.45, 2.75) is 94.5 Å². The standard InChI is InChI=1S/C36H68O12Si4/c1-13-37-49(38-14-2,39-15-3)32-28-30-36(31-29-32,52(46-22-10,47-23-11)48-24-12)35-33(50(40-16-4,41-17-5)42-18-6)26-25-27-34(35)51(43-19-7,44-20-8)45-21-9/h25-30H,13-24,31H2,1-12H3. The smallest absolute Gasteiger partial charge is 0.373 e. The molecule has 0 saturated carbocycles. The van der Waals surface area contributed by atoms with Crippen LogP contribution in [0.4, 0.5) is 0 Å². The van der Waals surface area contributed by atoms with E-state index in [0.29, 0.717) is 85.7 Å². The summed E-state index contributed by atoms with van der Waals surface area (Å²) in [6, 6.07) is 6.05. The number of hydrogen-bond donors (Lipinski definition) is 0. The van der Waals surface area contributed by atoms with Gasteiger partial charge < -0.3 is 53.1 Å². The second-order valence-electron chi connectivity index (χ2n) is 11.3. The fraction of sp³-hybridized carbons (Fsp3) is 0.722. The molecular weight excluding hydrogens is 737 g/mol. The zero-order valence-corrected chi connectivity index (χ0v) is 38.1. The van der Waals surface area contributed by atoms with E-state index in [-0.39, 0.29) is 0 Å². The molecule has 1 aliphatic rings. The monoisotopic (exact) mass is 804 g/mol. The molecule has 1 aromatic rings. The number of allylic oxidation sites excluding steroid dienone is 4. The number of benzene rings is 1. The quantitative estimate of drug-likeness (QED) is 0.0955. The first kappa shape index (κ1) is 47.2. The average Bonchev–Trinajstić information content (AvgIpc) is 3.12. The topological polar surface area (TPSA) is 111 Å². The molecule has 12 nitrogen and oxygen atoms in total. The normalized spacial score (nSPS) is 17.2. The van der Waals surface area contributed by atoms with Crippen molar-refractivity contribution in [3.8, 4) is 0 Å². The molecule has 0 radical (unpaired) electrons. The molecule has 1 unspecified atom stereocenters. The SMILES string of the molecule is CCO[Si](OCC)(OCC)C1=CCC(c2c([Si](OCC)(OCC)OCC)cccc2[Si](OCC)(OCC)OCC)([Si](OCC)(OCC)OCC)C=C1. The molecule has 0 aliphatic heterocycles. The molecule has 0 N–H and O–H groups in total. The van der Waals surface area contributed by atoms with Crippen molar-refractivity contribution >= 4 is 45.6 Å². The molecule has 0 fully saturated rings. The second-order valence-corrected chi connectivity index (χ2v) is 21.8. The van der Waals surface area contributed by atoms with Crippen LogP contribution in [0.25, 0.3) is 0 Å². The molecule has 1 aromatic carbocycles. The van der Waals surface area contributed by atoms with E-state index in [1.54, 1.807) is 0 Å². The van der Waals surface area contributed by atoms with Gasteiger partial charge in [0.25, 0.3) is 0 Å². The number of rotatable bonds is 29. The van der Waals surface area contributed by atoms with Crippen molar-refractivity contribution in [2.24, 2.45) is 0 Å². The fourth-order valence-electron chi connectivity index (χ4n) is 6.86. The molecular formula is C36H68O12Si4. The first-order valence-electron chi connectivity index (χ1n) is 19.4. The summed E-state index contributed by atoms with van der Waals surface area (Å²) in [5.41, 5.74) is 0.795. The molecule has 16 heteroatoms. The van der Waals surface area contributed by atoms with Gasteiger partial charge in [0.15, 0.2) is 0 Å². The van der Waals surface area contributed by atoms with Crippen LogP contribution in [0.3, 0.4) is 0 Å². The van der Waals surface area contributed by atoms with Gasteiger partial charge in [-0.2, -0.15) is 0 Å².